The van der Waals surface area contributed by atoms with Gasteiger partial charge in [0.15, 0.2) is 0 Å². The molecule has 0 aliphatic carbocycles. The molecule has 1 heterocycles. The van der Waals surface area contributed by atoms with Crippen molar-refractivity contribution >= 4 is 35.2 Å². The van der Waals surface area contributed by atoms with Gasteiger partial charge >= 0.3 is 5.97 Å². The molecule has 1 saturated heterocycles. The van der Waals surface area contributed by atoms with Gasteiger partial charge in [0.2, 0.25) is 0 Å². The molecule has 0 saturated carbocycles. The Morgan fingerprint density at radius 2 is 2.00 bits per heavy atom. The molecule has 1 amide bonds. The summed E-state index contributed by atoms with van der Waals surface area (Å²) < 4.78 is 5.16. The number of carboxylic acids is 1. The van der Waals surface area contributed by atoms with Gasteiger partial charge in [-0.25, -0.2) is 4.79 Å². The molecular weight excluding hydrogens is 362 g/mol. The highest BCUT2D eigenvalue weighted by Gasteiger charge is 2.43. The van der Waals surface area contributed by atoms with Crippen molar-refractivity contribution in [3.63, 3.8) is 0 Å². The van der Waals surface area contributed by atoms with Gasteiger partial charge in [-0.2, -0.15) is 0 Å². The van der Waals surface area contributed by atoms with Crippen LogP contribution in [0.3, 0.4) is 0 Å². The number of rotatable bonds is 4. The van der Waals surface area contributed by atoms with Crippen molar-refractivity contribution in [2.45, 2.75) is 11.4 Å². The Morgan fingerprint density at radius 3 is 2.68 bits per heavy atom. The van der Waals surface area contributed by atoms with E-state index in [4.69, 9.17) is 16.3 Å². The first-order valence-corrected chi connectivity index (χ1v) is 9.01. The summed E-state index contributed by atoms with van der Waals surface area (Å²) in [7, 11) is 1.52. The van der Waals surface area contributed by atoms with E-state index in [0.717, 1.165) is 5.56 Å². The summed E-state index contributed by atoms with van der Waals surface area (Å²) in [5.41, 5.74) is 1.11. The molecule has 0 aromatic heterocycles. The summed E-state index contributed by atoms with van der Waals surface area (Å²) in [6.07, 6.45) is 0. The van der Waals surface area contributed by atoms with Crippen LogP contribution < -0.4 is 4.74 Å². The Morgan fingerprint density at radius 1 is 1.24 bits per heavy atom. The minimum Gasteiger partial charge on any atom is -0.497 e. The number of hydrogen-bond acceptors (Lipinski definition) is 4. The van der Waals surface area contributed by atoms with E-state index >= 15 is 0 Å². The maximum Gasteiger partial charge on any atom is 0.327 e. The zero-order valence-corrected chi connectivity index (χ0v) is 15.0. The summed E-state index contributed by atoms with van der Waals surface area (Å²) in [5.74, 6) is -0.542. The lowest BCUT2D eigenvalue weighted by Gasteiger charge is -2.28. The third-order valence-corrected chi connectivity index (χ3v) is 5.66. The third-order valence-electron chi connectivity index (χ3n) is 4.01. The summed E-state index contributed by atoms with van der Waals surface area (Å²) in [4.78, 5) is 26.1. The van der Waals surface area contributed by atoms with E-state index in [1.807, 2.05) is 12.1 Å². The van der Waals surface area contributed by atoms with Crippen molar-refractivity contribution < 1.29 is 19.4 Å². The predicted molar refractivity (Wildman–Crippen MR) is 97.2 cm³/mol. The van der Waals surface area contributed by atoms with Gasteiger partial charge in [-0.3, -0.25) is 4.79 Å². The number of amides is 1. The molecule has 7 heteroatoms. The lowest BCUT2D eigenvalue weighted by Crippen LogP contribution is -2.43. The average Bonchev–Trinajstić information content (AvgIpc) is 3.06. The van der Waals surface area contributed by atoms with E-state index in [-0.39, 0.29) is 5.91 Å². The molecule has 1 aliphatic heterocycles. The van der Waals surface area contributed by atoms with Gasteiger partial charge in [0.05, 0.1) is 7.11 Å². The van der Waals surface area contributed by atoms with E-state index in [2.05, 4.69) is 0 Å². The lowest BCUT2D eigenvalue weighted by atomic mass is 10.1. The van der Waals surface area contributed by atoms with Gasteiger partial charge in [0.25, 0.3) is 5.91 Å². The second-order valence-corrected chi connectivity index (χ2v) is 7.03. The SMILES string of the molecule is COc1cccc(C(=O)N2[C@H](C(=O)O)CS[C@H]2c2ccccc2Cl)c1. The van der Waals surface area contributed by atoms with Gasteiger partial charge < -0.3 is 14.7 Å². The Balaban J connectivity index is 2.01. The number of hydrogen-bond donors (Lipinski definition) is 1. The molecule has 0 spiro atoms. The maximum absolute atomic E-state index is 13.1. The van der Waals surface area contributed by atoms with Gasteiger partial charge in [-0.15, -0.1) is 11.8 Å². The van der Waals surface area contributed by atoms with E-state index in [0.29, 0.717) is 22.1 Å². The second-order valence-electron chi connectivity index (χ2n) is 5.51. The quantitative estimate of drug-likeness (QED) is 0.880. The molecule has 1 aliphatic rings. The standard InChI is InChI=1S/C18H16ClNO4S/c1-24-12-6-4-5-11(9-12)16(21)20-15(18(22)23)10-25-17(20)13-7-2-3-8-14(13)19/h2-9,15,17H,10H2,1H3,(H,22,23)/t15-,17-/m0/s1. The van der Waals surface area contributed by atoms with Gasteiger partial charge in [0, 0.05) is 21.9 Å². The van der Waals surface area contributed by atoms with E-state index < -0.39 is 17.4 Å². The number of ether oxygens (including phenoxy) is 1. The van der Waals surface area contributed by atoms with E-state index in [1.54, 1.807) is 36.4 Å². The second kappa shape index (κ2) is 7.37. The smallest absolute Gasteiger partial charge is 0.327 e. The largest absolute Gasteiger partial charge is 0.497 e. The number of benzene rings is 2. The fourth-order valence-electron chi connectivity index (χ4n) is 2.76. The highest BCUT2D eigenvalue weighted by molar-refractivity contribution is 7.99. The first-order chi connectivity index (χ1) is 12.0. The fraction of sp³-hybridized carbons (Fsp3) is 0.222. The van der Waals surface area contributed by atoms with Crippen LogP contribution in [0.4, 0.5) is 0 Å². The summed E-state index contributed by atoms with van der Waals surface area (Å²) in [6.45, 7) is 0. The average molecular weight is 378 g/mol. The van der Waals surface area contributed by atoms with Crippen molar-refractivity contribution in [2.75, 3.05) is 12.9 Å². The monoisotopic (exact) mass is 377 g/mol. The highest BCUT2D eigenvalue weighted by Crippen LogP contribution is 2.44. The third kappa shape index (κ3) is 3.45. The number of thioether (sulfide) groups is 1. The maximum atomic E-state index is 13.1. The van der Waals surface area contributed by atoms with Crippen LogP contribution in [0.2, 0.25) is 5.02 Å². The zero-order valence-electron chi connectivity index (χ0n) is 13.4. The Hall–Kier alpha value is -2.18. The summed E-state index contributed by atoms with van der Waals surface area (Å²) in [6, 6.07) is 13.0. The van der Waals surface area contributed by atoms with Crippen LogP contribution in [0.25, 0.3) is 0 Å². The molecule has 130 valence electrons. The first-order valence-electron chi connectivity index (χ1n) is 7.58. The predicted octanol–water partition coefficient (Wildman–Crippen LogP) is 3.69. The Labute approximate surface area is 154 Å². The van der Waals surface area contributed by atoms with Crippen molar-refractivity contribution in [1.29, 1.82) is 0 Å². The van der Waals surface area contributed by atoms with Gasteiger partial charge in [0.1, 0.15) is 17.2 Å². The van der Waals surface area contributed by atoms with Crippen molar-refractivity contribution in [3.05, 3.63) is 64.7 Å². The number of nitrogens with zero attached hydrogens (tertiary/aromatic N) is 1. The number of aliphatic carboxylic acids is 1. The topological polar surface area (TPSA) is 66.8 Å². The zero-order chi connectivity index (χ0) is 18.0. The molecule has 2 aromatic carbocycles. The highest BCUT2D eigenvalue weighted by atomic mass is 35.5. The van der Waals surface area contributed by atoms with Crippen LogP contribution in [0.5, 0.6) is 5.75 Å². The number of carboxylic acid groups (broad SMARTS) is 1. The Kier molecular flexibility index (Phi) is 5.20. The number of methoxy groups -OCH3 is 1. The number of carbonyl (C=O) groups is 2. The van der Waals surface area contributed by atoms with Crippen molar-refractivity contribution in [1.82, 2.24) is 4.90 Å². The molecule has 0 radical (unpaired) electrons. The van der Waals surface area contributed by atoms with Crippen LogP contribution in [0, 0.1) is 0 Å². The van der Waals surface area contributed by atoms with Crippen molar-refractivity contribution in [3.8, 4) is 5.75 Å². The Bertz CT molecular complexity index is 813. The number of halogens is 1. The van der Waals surface area contributed by atoms with Gasteiger partial charge in [-0.05, 0) is 24.3 Å². The van der Waals surface area contributed by atoms with E-state index in [1.165, 1.54) is 23.8 Å². The lowest BCUT2D eigenvalue weighted by molar-refractivity contribution is -0.141. The fourth-order valence-corrected chi connectivity index (χ4v) is 4.52. The molecule has 5 nitrogen and oxygen atoms in total. The molecule has 0 bridgehead atoms. The minimum atomic E-state index is -1.03. The van der Waals surface area contributed by atoms with Crippen LogP contribution in [-0.2, 0) is 4.79 Å². The summed E-state index contributed by atoms with van der Waals surface area (Å²) >= 11 is 7.67. The van der Waals surface area contributed by atoms with Crippen LogP contribution in [-0.4, -0.2) is 40.8 Å². The molecule has 25 heavy (non-hydrogen) atoms. The molecule has 2 atom stereocenters. The van der Waals surface area contributed by atoms with Crippen LogP contribution in [0.15, 0.2) is 48.5 Å². The summed E-state index contributed by atoms with van der Waals surface area (Å²) in [5, 5.41) is 9.61. The molecule has 1 N–H and O–H groups in total. The van der Waals surface area contributed by atoms with Crippen molar-refractivity contribution in [2.24, 2.45) is 0 Å². The molecule has 2 aromatic rings. The van der Waals surface area contributed by atoms with E-state index in [9.17, 15) is 14.7 Å². The molecule has 3 rings (SSSR count). The molecule has 0 unspecified atom stereocenters. The molecule has 1 fully saturated rings. The molecular formula is C18H16ClNO4S. The number of carbonyl (C=O) groups excluding carboxylic acids is 1. The van der Waals surface area contributed by atoms with Crippen LogP contribution in [0.1, 0.15) is 21.3 Å². The van der Waals surface area contributed by atoms with Crippen LogP contribution >= 0.6 is 23.4 Å². The minimum absolute atomic E-state index is 0.306. The first kappa shape index (κ1) is 17.6. The normalized spacial score (nSPS) is 19.7. The van der Waals surface area contributed by atoms with Gasteiger partial charge in [-0.1, -0.05) is 35.9 Å².